The number of nitrogens with zero attached hydrogens (tertiary/aromatic N) is 2. The number of halogens is 1. The Balaban J connectivity index is 2.13. The van der Waals surface area contributed by atoms with E-state index in [9.17, 15) is 8.42 Å². The summed E-state index contributed by atoms with van der Waals surface area (Å²) < 4.78 is 27.1. The van der Waals surface area contributed by atoms with Gasteiger partial charge in [-0.25, -0.2) is 13.4 Å². The van der Waals surface area contributed by atoms with E-state index in [0.717, 1.165) is 4.47 Å². The van der Waals surface area contributed by atoms with E-state index in [2.05, 4.69) is 25.6 Å². The molecule has 102 valence electrons. The quantitative estimate of drug-likeness (QED) is 0.917. The Labute approximate surface area is 125 Å². The van der Waals surface area contributed by atoms with Crippen molar-refractivity contribution in [2.45, 2.75) is 5.75 Å². The first-order chi connectivity index (χ1) is 9.48. The van der Waals surface area contributed by atoms with Gasteiger partial charge >= 0.3 is 0 Å². The summed E-state index contributed by atoms with van der Waals surface area (Å²) in [5.41, 5.74) is 1.10. The van der Waals surface area contributed by atoms with Crippen LogP contribution in [0.1, 0.15) is 11.1 Å². The summed E-state index contributed by atoms with van der Waals surface area (Å²) in [6.07, 6.45) is 1.50. The first-order valence-corrected chi connectivity index (χ1v) is 8.04. The average molecular weight is 352 g/mol. The van der Waals surface area contributed by atoms with Gasteiger partial charge in [0, 0.05) is 10.7 Å². The van der Waals surface area contributed by atoms with Gasteiger partial charge in [-0.15, -0.1) is 0 Å². The highest BCUT2D eigenvalue weighted by molar-refractivity contribution is 9.10. The standard InChI is InChI=1S/C13H10BrN3O2S/c14-12-5-6-16-13(7-12)17-20(18,19)9-11-3-1-10(8-15)2-4-11/h1-7H,9H2,(H,16,17). The Kier molecular flexibility index (Phi) is 4.37. The minimum Gasteiger partial charge on any atom is -0.267 e. The second-order valence-electron chi connectivity index (χ2n) is 4.03. The lowest BCUT2D eigenvalue weighted by atomic mass is 10.2. The van der Waals surface area contributed by atoms with Crippen molar-refractivity contribution in [3.63, 3.8) is 0 Å². The van der Waals surface area contributed by atoms with Crippen molar-refractivity contribution in [3.8, 4) is 6.07 Å². The van der Waals surface area contributed by atoms with Crippen LogP contribution in [0.15, 0.2) is 47.1 Å². The van der Waals surface area contributed by atoms with Crippen molar-refractivity contribution in [1.82, 2.24) is 4.98 Å². The highest BCUT2D eigenvalue weighted by Gasteiger charge is 2.12. The van der Waals surface area contributed by atoms with Gasteiger partial charge in [0.1, 0.15) is 5.82 Å². The number of hydrogen-bond donors (Lipinski definition) is 1. The molecule has 1 heterocycles. The number of hydrogen-bond acceptors (Lipinski definition) is 4. The lowest BCUT2D eigenvalue weighted by Crippen LogP contribution is -2.15. The Bertz CT molecular complexity index is 752. The maximum Gasteiger partial charge on any atom is 0.238 e. The summed E-state index contributed by atoms with van der Waals surface area (Å²) in [4.78, 5) is 3.93. The van der Waals surface area contributed by atoms with Gasteiger partial charge in [-0.2, -0.15) is 5.26 Å². The summed E-state index contributed by atoms with van der Waals surface area (Å²) in [5, 5.41) is 8.69. The minimum atomic E-state index is -3.54. The van der Waals surface area contributed by atoms with Crippen molar-refractivity contribution in [2.75, 3.05) is 4.72 Å². The van der Waals surface area contributed by atoms with Gasteiger partial charge in [-0.05, 0) is 29.8 Å². The third-order valence-electron chi connectivity index (χ3n) is 2.42. The monoisotopic (exact) mass is 351 g/mol. The zero-order valence-corrected chi connectivity index (χ0v) is 12.6. The number of benzene rings is 1. The third-order valence-corrected chi connectivity index (χ3v) is 4.15. The Morgan fingerprint density at radius 1 is 1.25 bits per heavy atom. The van der Waals surface area contributed by atoms with Crippen LogP contribution in [0.5, 0.6) is 0 Å². The molecule has 0 aliphatic heterocycles. The largest absolute Gasteiger partial charge is 0.267 e. The maximum atomic E-state index is 12.0. The summed E-state index contributed by atoms with van der Waals surface area (Å²) in [7, 11) is -3.54. The molecule has 0 saturated carbocycles. The molecule has 0 atom stereocenters. The van der Waals surface area contributed by atoms with E-state index in [1.807, 2.05) is 6.07 Å². The fourth-order valence-electron chi connectivity index (χ4n) is 1.55. The molecule has 0 bridgehead atoms. The lowest BCUT2D eigenvalue weighted by Gasteiger charge is -2.07. The second-order valence-corrected chi connectivity index (χ2v) is 6.67. The fraction of sp³-hybridized carbons (Fsp3) is 0.0769. The average Bonchev–Trinajstić information content (AvgIpc) is 2.38. The van der Waals surface area contributed by atoms with Crippen LogP contribution in [0.4, 0.5) is 5.82 Å². The SMILES string of the molecule is N#Cc1ccc(CS(=O)(=O)Nc2cc(Br)ccn2)cc1. The van der Waals surface area contributed by atoms with Crippen LogP contribution in [-0.2, 0) is 15.8 Å². The van der Waals surface area contributed by atoms with Crippen LogP contribution in [-0.4, -0.2) is 13.4 Å². The smallest absolute Gasteiger partial charge is 0.238 e. The van der Waals surface area contributed by atoms with Gasteiger partial charge in [-0.3, -0.25) is 4.72 Å². The molecule has 7 heteroatoms. The molecule has 0 amide bonds. The molecule has 0 saturated heterocycles. The van der Waals surface area contributed by atoms with E-state index in [-0.39, 0.29) is 11.6 Å². The highest BCUT2D eigenvalue weighted by atomic mass is 79.9. The molecule has 0 unspecified atom stereocenters. The molecule has 5 nitrogen and oxygen atoms in total. The predicted octanol–water partition coefficient (Wildman–Crippen LogP) is 2.66. The van der Waals surface area contributed by atoms with Gasteiger partial charge < -0.3 is 0 Å². The molecule has 20 heavy (non-hydrogen) atoms. The Hall–Kier alpha value is -1.91. The van der Waals surface area contributed by atoms with Crippen LogP contribution in [0.25, 0.3) is 0 Å². The van der Waals surface area contributed by atoms with E-state index in [1.54, 1.807) is 36.4 Å². The van der Waals surface area contributed by atoms with E-state index in [0.29, 0.717) is 11.1 Å². The fourth-order valence-corrected chi connectivity index (χ4v) is 3.02. The zero-order chi connectivity index (χ0) is 14.6. The van der Waals surface area contributed by atoms with Gasteiger partial charge in [-0.1, -0.05) is 28.1 Å². The normalized spacial score (nSPS) is 10.8. The Morgan fingerprint density at radius 2 is 1.95 bits per heavy atom. The molecule has 0 aliphatic rings. The van der Waals surface area contributed by atoms with E-state index >= 15 is 0 Å². The molecule has 1 N–H and O–H groups in total. The summed E-state index contributed by atoms with van der Waals surface area (Å²) in [5.74, 6) is 0.0837. The van der Waals surface area contributed by atoms with Gasteiger partial charge in [0.05, 0.1) is 17.4 Å². The van der Waals surface area contributed by atoms with Crippen molar-refractivity contribution in [2.24, 2.45) is 0 Å². The molecule has 1 aromatic carbocycles. The molecular formula is C13H10BrN3O2S. The van der Waals surface area contributed by atoms with Crippen molar-refractivity contribution in [3.05, 3.63) is 58.2 Å². The molecule has 2 rings (SSSR count). The summed E-state index contributed by atoms with van der Waals surface area (Å²) in [6, 6.07) is 11.7. The van der Waals surface area contributed by atoms with Gasteiger partial charge in [0.15, 0.2) is 0 Å². The first-order valence-electron chi connectivity index (χ1n) is 5.59. The highest BCUT2D eigenvalue weighted by Crippen LogP contribution is 2.15. The van der Waals surface area contributed by atoms with Crippen molar-refractivity contribution < 1.29 is 8.42 Å². The number of sulfonamides is 1. The molecule has 0 spiro atoms. The van der Waals surface area contributed by atoms with E-state index in [4.69, 9.17) is 5.26 Å². The van der Waals surface area contributed by atoms with Crippen LogP contribution in [0, 0.1) is 11.3 Å². The number of rotatable bonds is 4. The Morgan fingerprint density at radius 3 is 2.55 bits per heavy atom. The third kappa shape index (κ3) is 4.05. The summed E-state index contributed by atoms with van der Waals surface area (Å²) in [6.45, 7) is 0. The van der Waals surface area contributed by atoms with Gasteiger partial charge in [0.2, 0.25) is 10.0 Å². The number of pyridine rings is 1. The first kappa shape index (κ1) is 14.5. The lowest BCUT2D eigenvalue weighted by molar-refractivity contribution is 0.600. The number of nitriles is 1. The van der Waals surface area contributed by atoms with E-state index in [1.165, 1.54) is 6.20 Å². The number of anilines is 1. The van der Waals surface area contributed by atoms with Crippen molar-refractivity contribution >= 4 is 31.8 Å². The molecule has 2 aromatic rings. The molecular weight excluding hydrogens is 342 g/mol. The predicted molar refractivity (Wildman–Crippen MR) is 79.3 cm³/mol. The molecule has 0 radical (unpaired) electrons. The van der Waals surface area contributed by atoms with Crippen LogP contribution in [0.3, 0.4) is 0 Å². The van der Waals surface area contributed by atoms with Gasteiger partial charge in [0.25, 0.3) is 0 Å². The molecule has 0 aliphatic carbocycles. The second kappa shape index (κ2) is 6.03. The zero-order valence-electron chi connectivity index (χ0n) is 10.2. The number of aromatic nitrogens is 1. The van der Waals surface area contributed by atoms with Crippen LogP contribution >= 0.6 is 15.9 Å². The molecule has 0 fully saturated rings. The van der Waals surface area contributed by atoms with Crippen molar-refractivity contribution in [1.29, 1.82) is 5.26 Å². The minimum absolute atomic E-state index is 0.174. The topological polar surface area (TPSA) is 82.8 Å². The molecule has 1 aromatic heterocycles. The van der Waals surface area contributed by atoms with Crippen LogP contribution < -0.4 is 4.72 Å². The van der Waals surface area contributed by atoms with Crippen LogP contribution in [0.2, 0.25) is 0 Å². The maximum absolute atomic E-state index is 12.0. The number of nitrogens with one attached hydrogen (secondary N) is 1. The summed E-state index contributed by atoms with van der Waals surface area (Å²) >= 11 is 3.25. The van der Waals surface area contributed by atoms with E-state index < -0.39 is 10.0 Å².